The maximum absolute atomic E-state index is 13.3. The second kappa shape index (κ2) is 9.81. The Morgan fingerprint density at radius 1 is 1.00 bits per heavy atom. The number of anilines is 2. The molecule has 10 heteroatoms. The van der Waals surface area contributed by atoms with Gasteiger partial charge < -0.3 is 10.1 Å². The van der Waals surface area contributed by atoms with Crippen molar-refractivity contribution < 1.29 is 17.9 Å². The Kier molecular flexibility index (Phi) is 7.05. The number of carbonyl (C=O) groups excluding carboxylic acids is 1. The second-order valence-electron chi connectivity index (χ2n) is 7.40. The van der Waals surface area contributed by atoms with Crippen LogP contribution in [-0.4, -0.2) is 27.5 Å². The van der Waals surface area contributed by atoms with Crippen LogP contribution in [0.3, 0.4) is 0 Å². The minimum absolute atomic E-state index is 0.0505. The van der Waals surface area contributed by atoms with Crippen molar-refractivity contribution in [2.75, 3.05) is 22.8 Å². The number of ether oxygens (including phenoxy) is 1. The standard InChI is InChI=1S/C23H19Cl3N2O4S/c24-16-10-17(25)12-18(11-16)27-23(29)14-32-22-8-7-19(13-20(22)26)33(30,31)28-9-3-5-15-4-1-2-6-21(15)28/h1-2,4,6-8,10-13H,3,5,9,14H2,(H,27,29). The Morgan fingerprint density at radius 2 is 1.73 bits per heavy atom. The number of para-hydroxylation sites is 1. The Bertz CT molecular complexity index is 1290. The molecule has 0 aromatic heterocycles. The summed E-state index contributed by atoms with van der Waals surface area (Å²) in [6.45, 7) is 0.0539. The predicted octanol–water partition coefficient (Wildman–Crippen LogP) is 5.81. The lowest BCUT2D eigenvalue weighted by Gasteiger charge is -2.30. The molecule has 3 aromatic carbocycles. The smallest absolute Gasteiger partial charge is 0.264 e. The molecule has 3 aromatic rings. The van der Waals surface area contributed by atoms with Crippen LogP contribution in [0.15, 0.2) is 65.6 Å². The van der Waals surface area contributed by atoms with Crippen LogP contribution in [0.5, 0.6) is 5.75 Å². The lowest BCUT2D eigenvalue weighted by atomic mass is 10.0. The van der Waals surface area contributed by atoms with Crippen molar-refractivity contribution in [3.63, 3.8) is 0 Å². The SMILES string of the molecule is O=C(COc1ccc(S(=O)(=O)N2CCCc3ccccc32)cc1Cl)Nc1cc(Cl)cc(Cl)c1. The molecular formula is C23H19Cl3N2O4S. The third-order valence-corrected chi connectivity index (χ3v) is 7.61. The maximum atomic E-state index is 13.3. The number of carbonyl (C=O) groups is 1. The van der Waals surface area contributed by atoms with E-state index in [1.54, 1.807) is 24.3 Å². The molecule has 33 heavy (non-hydrogen) atoms. The first-order valence-corrected chi connectivity index (χ1v) is 12.6. The van der Waals surface area contributed by atoms with Crippen LogP contribution in [0, 0.1) is 0 Å². The van der Waals surface area contributed by atoms with Gasteiger partial charge in [-0.3, -0.25) is 9.10 Å². The molecule has 1 amide bonds. The number of amides is 1. The number of nitrogens with zero attached hydrogens (tertiary/aromatic N) is 1. The molecule has 4 rings (SSSR count). The van der Waals surface area contributed by atoms with Crippen molar-refractivity contribution in [1.29, 1.82) is 0 Å². The van der Waals surface area contributed by atoms with E-state index in [-0.39, 0.29) is 22.3 Å². The van der Waals surface area contributed by atoms with E-state index in [9.17, 15) is 13.2 Å². The molecule has 0 saturated carbocycles. The Hall–Kier alpha value is -2.45. The third kappa shape index (κ3) is 5.38. The maximum Gasteiger partial charge on any atom is 0.264 e. The van der Waals surface area contributed by atoms with Crippen molar-refractivity contribution in [3.05, 3.63) is 81.3 Å². The number of fused-ring (bicyclic) bond motifs is 1. The zero-order valence-corrected chi connectivity index (χ0v) is 20.3. The number of hydrogen-bond donors (Lipinski definition) is 1. The molecular weight excluding hydrogens is 507 g/mol. The number of benzene rings is 3. The zero-order valence-electron chi connectivity index (χ0n) is 17.2. The van der Waals surface area contributed by atoms with Crippen LogP contribution in [-0.2, 0) is 21.2 Å². The minimum Gasteiger partial charge on any atom is -0.482 e. The molecule has 6 nitrogen and oxygen atoms in total. The summed E-state index contributed by atoms with van der Waals surface area (Å²) >= 11 is 18.1. The number of rotatable bonds is 6. The fourth-order valence-electron chi connectivity index (χ4n) is 3.60. The molecule has 0 bridgehead atoms. The summed E-state index contributed by atoms with van der Waals surface area (Å²) in [7, 11) is -3.81. The number of aryl methyl sites for hydroxylation is 1. The van der Waals surface area contributed by atoms with Gasteiger partial charge >= 0.3 is 0 Å². The second-order valence-corrected chi connectivity index (χ2v) is 10.5. The van der Waals surface area contributed by atoms with E-state index in [4.69, 9.17) is 39.5 Å². The number of nitrogens with one attached hydrogen (secondary N) is 1. The van der Waals surface area contributed by atoms with Crippen LogP contribution < -0.4 is 14.4 Å². The third-order valence-electron chi connectivity index (χ3n) is 5.06. The summed E-state index contributed by atoms with van der Waals surface area (Å²) in [6, 6.07) is 16.3. The van der Waals surface area contributed by atoms with Gasteiger partial charge in [0.25, 0.3) is 15.9 Å². The van der Waals surface area contributed by atoms with Gasteiger partial charge in [0.2, 0.25) is 0 Å². The molecule has 1 N–H and O–H groups in total. The van der Waals surface area contributed by atoms with Gasteiger partial charge in [-0.25, -0.2) is 8.42 Å². The number of hydrogen-bond acceptors (Lipinski definition) is 4. The quantitative estimate of drug-likeness (QED) is 0.441. The molecule has 0 atom stereocenters. The van der Waals surface area contributed by atoms with Gasteiger partial charge in [-0.2, -0.15) is 0 Å². The lowest BCUT2D eigenvalue weighted by Crippen LogP contribution is -2.35. The summed E-state index contributed by atoms with van der Waals surface area (Å²) in [6.07, 6.45) is 1.57. The molecule has 1 aliphatic rings. The summed E-state index contributed by atoms with van der Waals surface area (Å²) < 4.78 is 33.4. The summed E-state index contributed by atoms with van der Waals surface area (Å²) in [4.78, 5) is 12.3. The monoisotopic (exact) mass is 524 g/mol. The first-order valence-electron chi connectivity index (χ1n) is 10.0. The average Bonchev–Trinajstić information content (AvgIpc) is 2.77. The van der Waals surface area contributed by atoms with E-state index < -0.39 is 15.9 Å². The number of halogens is 3. The van der Waals surface area contributed by atoms with Gasteiger partial charge in [0.05, 0.1) is 15.6 Å². The molecule has 172 valence electrons. The molecule has 0 aliphatic carbocycles. The lowest BCUT2D eigenvalue weighted by molar-refractivity contribution is -0.118. The highest BCUT2D eigenvalue weighted by Crippen LogP contribution is 2.34. The van der Waals surface area contributed by atoms with Crippen LogP contribution in [0.2, 0.25) is 15.1 Å². The summed E-state index contributed by atoms with van der Waals surface area (Å²) in [5, 5.41) is 3.47. The highest BCUT2D eigenvalue weighted by atomic mass is 35.5. The van der Waals surface area contributed by atoms with Gasteiger partial charge in [0.15, 0.2) is 6.61 Å². The minimum atomic E-state index is -3.81. The Balaban J connectivity index is 1.46. The van der Waals surface area contributed by atoms with Crippen LogP contribution in [0.1, 0.15) is 12.0 Å². The molecule has 0 saturated heterocycles. The highest BCUT2D eigenvalue weighted by molar-refractivity contribution is 7.92. The predicted molar refractivity (Wildman–Crippen MR) is 131 cm³/mol. The molecule has 1 aliphatic heterocycles. The fraction of sp³-hybridized carbons (Fsp3) is 0.174. The molecule has 0 unspecified atom stereocenters. The van der Waals surface area contributed by atoms with E-state index in [0.29, 0.717) is 28.0 Å². The first-order chi connectivity index (χ1) is 15.7. The van der Waals surface area contributed by atoms with E-state index in [0.717, 1.165) is 18.4 Å². The fourth-order valence-corrected chi connectivity index (χ4v) is 6.00. The van der Waals surface area contributed by atoms with Gasteiger partial charge in [-0.15, -0.1) is 0 Å². The molecule has 0 spiro atoms. The van der Waals surface area contributed by atoms with Crippen LogP contribution >= 0.6 is 34.8 Å². The normalized spacial score (nSPS) is 13.4. The average molecular weight is 526 g/mol. The van der Waals surface area contributed by atoms with Gasteiger partial charge in [0, 0.05) is 22.3 Å². The van der Waals surface area contributed by atoms with Crippen LogP contribution in [0.4, 0.5) is 11.4 Å². The molecule has 1 heterocycles. The molecule has 0 radical (unpaired) electrons. The van der Waals surface area contributed by atoms with Crippen molar-refractivity contribution in [2.45, 2.75) is 17.7 Å². The summed E-state index contributed by atoms with van der Waals surface area (Å²) in [5.41, 5.74) is 2.10. The van der Waals surface area contributed by atoms with Crippen molar-refractivity contribution in [2.24, 2.45) is 0 Å². The van der Waals surface area contributed by atoms with Crippen molar-refractivity contribution >= 4 is 62.1 Å². The topological polar surface area (TPSA) is 75.7 Å². The van der Waals surface area contributed by atoms with E-state index in [1.807, 2.05) is 18.2 Å². The van der Waals surface area contributed by atoms with Crippen molar-refractivity contribution in [1.82, 2.24) is 0 Å². The highest BCUT2D eigenvalue weighted by Gasteiger charge is 2.29. The first kappa shape index (κ1) is 23.7. The van der Waals surface area contributed by atoms with Gasteiger partial charge in [0.1, 0.15) is 5.75 Å². The zero-order chi connectivity index (χ0) is 23.6. The summed E-state index contributed by atoms with van der Waals surface area (Å²) in [5.74, 6) is -0.264. The van der Waals surface area contributed by atoms with E-state index in [1.165, 1.54) is 22.5 Å². The van der Waals surface area contributed by atoms with Gasteiger partial charge in [-0.1, -0.05) is 53.0 Å². The largest absolute Gasteiger partial charge is 0.482 e. The Morgan fingerprint density at radius 3 is 2.45 bits per heavy atom. The Labute approximate surface area is 207 Å². The van der Waals surface area contributed by atoms with E-state index >= 15 is 0 Å². The van der Waals surface area contributed by atoms with Crippen molar-refractivity contribution in [3.8, 4) is 5.75 Å². The van der Waals surface area contributed by atoms with E-state index in [2.05, 4.69) is 5.32 Å². The number of sulfonamides is 1. The molecule has 0 fully saturated rings. The van der Waals surface area contributed by atoms with Gasteiger partial charge in [-0.05, 0) is 60.9 Å². The van der Waals surface area contributed by atoms with Crippen LogP contribution in [0.25, 0.3) is 0 Å².